The van der Waals surface area contributed by atoms with E-state index in [-0.39, 0.29) is 5.91 Å². The lowest BCUT2D eigenvalue weighted by molar-refractivity contribution is 0.0955. The first-order valence-corrected chi connectivity index (χ1v) is 10.5. The van der Waals surface area contributed by atoms with Crippen molar-refractivity contribution in [3.63, 3.8) is 0 Å². The third-order valence-electron chi connectivity index (χ3n) is 4.50. The highest BCUT2D eigenvalue weighted by molar-refractivity contribution is 7.17. The number of nitrogens with one attached hydrogen (secondary N) is 2. The second-order valence-electron chi connectivity index (χ2n) is 6.47. The zero-order valence-corrected chi connectivity index (χ0v) is 18.0. The van der Waals surface area contributed by atoms with E-state index in [0.29, 0.717) is 20.7 Å². The zero-order valence-electron chi connectivity index (χ0n) is 16.4. The number of hydrazone groups is 1. The third kappa shape index (κ3) is 4.19. The van der Waals surface area contributed by atoms with Crippen LogP contribution < -0.4 is 10.7 Å². The van der Waals surface area contributed by atoms with Crippen molar-refractivity contribution in [2.45, 2.75) is 20.4 Å². The molecule has 0 atom stereocenters. The second-order valence-corrected chi connectivity index (χ2v) is 7.86. The predicted molar refractivity (Wildman–Crippen MR) is 122 cm³/mol. The van der Waals surface area contributed by atoms with Crippen LogP contribution in [0.4, 0.5) is 10.8 Å². The molecule has 0 fully saturated rings. The lowest BCUT2D eigenvalue weighted by atomic mass is 10.2. The summed E-state index contributed by atoms with van der Waals surface area (Å²) < 4.78 is 2.10. The minimum absolute atomic E-state index is 0.318. The van der Waals surface area contributed by atoms with E-state index in [9.17, 15) is 4.79 Å². The molecule has 4 rings (SSSR count). The highest BCUT2D eigenvalue weighted by Gasteiger charge is 2.11. The molecule has 0 radical (unpaired) electrons. The quantitative estimate of drug-likeness (QED) is 0.328. The van der Waals surface area contributed by atoms with Crippen LogP contribution in [0.3, 0.4) is 0 Å². The van der Waals surface area contributed by atoms with Crippen molar-refractivity contribution in [2.75, 3.05) is 5.32 Å². The van der Waals surface area contributed by atoms with Crippen LogP contribution in [0.25, 0.3) is 11.0 Å². The smallest absolute Gasteiger partial charge is 0.271 e. The van der Waals surface area contributed by atoms with Crippen molar-refractivity contribution in [1.29, 1.82) is 0 Å². The van der Waals surface area contributed by atoms with Gasteiger partial charge in [-0.1, -0.05) is 41.1 Å². The Balaban J connectivity index is 1.44. The molecule has 9 heteroatoms. The minimum atomic E-state index is -0.319. The number of aryl methyl sites for hydroxylation is 2. The average Bonchev–Trinajstić information content (AvgIpc) is 3.25. The van der Waals surface area contributed by atoms with Gasteiger partial charge < -0.3 is 9.88 Å². The molecule has 4 aromatic rings. The van der Waals surface area contributed by atoms with Gasteiger partial charge in [-0.05, 0) is 44.2 Å². The standard InChI is InChI=1S/C21H19ClN6OS/c1-3-28-13(2)24-16-11-14(9-10-17(16)28)20(29)27-23-12-18-19(22)26-21(30-18)25-15-7-5-4-6-8-15/h4-12H,3H2,1-2H3,(H,25,26)(H,27,29)/b23-12+. The molecule has 2 heterocycles. The van der Waals surface area contributed by atoms with Crippen molar-refractivity contribution in [3.05, 3.63) is 69.9 Å². The van der Waals surface area contributed by atoms with Crippen LogP contribution in [0.2, 0.25) is 5.15 Å². The molecule has 7 nitrogen and oxygen atoms in total. The molecule has 2 N–H and O–H groups in total. The van der Waals surface area contributed by atoms with Crippen molar-refractivity contribution in [3.8, 4) is 0 Å². The highest BCUT2D eigenvalue weighted by Crippen LogP contribution is 2.27. The summed E-state index contributed by atoms with van der Waals surface area (Å²) in [6.45, 7) is 4.84. The Kier molecular flexibility index (Phi) is 5.78. The fourth-order valence-electron chi connectivity index (χ4n) is 3.10. The van der Waals surface area contributed by atoms with Gasteiger partial charge in [-0.2, -0.15) is 5.10 Å². The number of carbonyl (C=O) groups excluding carboxylic acids is 1. The first-order chi connectivity index (χ1) is 14.5. The van der Waals surface area contributed by atoms with Crippen molar-refractivity contribution < 1.29 is 4.79 Å². The number of hydrogen-bond acceptors (Lipinski definition) is 6. The number of para-hydroxylation sites is 1. The molecule has 0 unspecified atom stereocenters. The summed E-state index contributed by atoms with van der Waals surface area (Å²) in [6, 6.07) is 15.1. The van der Waals surface area contributed by atoms with Gasteiger partial charge in [0.05, 0.1) is 22.1 Å². The van der Waals surface area contributed by atoms with Crippen LogP contribution in [-0.4, -0.2) is 26.7 Å². The van der Waals surface area contributed by atoms with Crippen LogP contribution in [0.15, 0.2) is 53.6 Å². The molecular formula is C21H19ClN6OS. The van der Waals surface area contributed by atoms with E-state index in [1.807, 2.05) is 43.3 Å². The molecule has 0 bridgehead atoms. The second kappa shape index (κ2) is 8.64. The van der Waals surface area contributed by atoms with Crippen LogP contribution >= 0.6 is 22.9 Å². The Morgan fingerprint density at radius 1 is 1.23 bits per heavy atom. The van der Waals surface area contributed by atoms with Gasteiger partial charge in [-0.3, -0.25) is 4.79 Å². The molecule has 2 aromatic heterocycles. The van der Waals surface area contributed by atoms with Crippen LogP contribution in [-0.2, 0) is 6.54 Å². The third-order valence-corrected chi connectivity index (χ3v) is 5.81. The number of hydrogen-bond donors (Lipinski definition) is 2. The molecule has 0 saturated carbocycles. The SMILES string of the molecule is CCn1c(C)nc2cc(C(=O)N/N=C/c3sc(Nc4ccccc4)nc3Cl)ccc21. The Morgan fingerprint density at radius 2 is 2.03 bits per heavy atom. The summed E-state index contributed by atoms with van der Waals surface area (Å²) in [6.07, 6.45) is 1.49. The number of nitrogens with zero attached hydrogens (tertiary/aromatic N) is 4. The molecular weight excluding hydrogens is 420 g/mol. The first kappa shape index (κ1) is 20.1. The Bertz CT molecular complexity index is 1230. The lowest BCUT2D eigenvalue weighted by Gasteiger charge is -2.03. The number of halogens is 1. The maximum atomic E-state index is 12.5. The van der Waals surface area contributed by atoms with E-state index in [1.165, 1.54) is 17.6 Å². The Hall–Kier alpha value is -3.23. The van der Waals surface area contributed by atoms with Gasteiger partial charge in [0.25, 0.3) is 5.91 Å². The van der Waals surface area contributed by atoms with Gasteiger partial charge >= 0.3 is 0 Å². The summed E-state index contributed by atoms with van der Waals surface area (Å²) in [5.41, 5.74) is 5.72. The highest BCUT2D eigenvalue weighted by atomic mass is 35.5. The lowest BCUT2D eigenvalue weighted by Crippen LogP contribution is -2.17. The number of amides is 1. The number of aromatic nitrogens is 3. The average molecular weight is 439 g/mol. The van der Waals surface area contributed by atoms with E-state index >= 15 is 0 Å². The van der Waals surface area contributed by atoms with Gasteiger partial charge in [0, 0.05) is 17.8 Å². The van der Waals surface area contributed by atoms with Crippen LogP contribution in [0.1, 0.15) is 28.0 Å². The number of thiazole rings is 1. The molecule has 0 spiro atoms. The normalized spacial score (nSPS) is 11.3. The van der Waals surface area contributed by atoms with E-state index < -0.39 is 0 Å². The number of fused-ring (bicyclic) bond motifs is 1. The number of benzene rings is 2. The number of imidazole rings is 1. The van der Waals surface area contributed by atoms with Gasteiger partial charge in [0.2, 0.25) is 0 Å². The largest absolute Gasteiger partial charge is 0.331 e. The summed E-state index contributed by atoms with van der Waals surface area (Å²) in [5, 5.41) is 8.17. The maximum Gasteiger partial charge on any atom is 0.271 e. The van der Waals surface area contributed by atoms with E-state index in [0.717, 1.165) is 29.1 Å². The molecule has 0 aliphatic heterocycles. The first-order valence-electron chi connectivity index (χ1n) is 9.34. The van der Waals surface area contributed by atoms with Crippen molar-refractivity contribution in [1.82, 2.24) is 20.0 Å². The molecule has 152 valence electrons. The van der Waals surface area contributed by atoms with E-state index in [2.05, 4.69) is 37.3 Å². The fraction of sp³-hybridized carbons (Fsp3) is 0.143. The van der Waals surface area contributed by atoms with Crippen LogP contribution in [0.5, 0.6) is 0 Å². The zero-order chi connectivity index (χ0) is 21.1. The van der Waals surface area contributed by atoms with Gasteiger partial charge in [-0.25, -0.2) is 15.4 Å². The fourth-order valence-corrected chi connectivity index (χ4v) is 4.14. The molecule has 0 aliphatic rings. The van der Waals surface area contributed by atoms with Gasteiger partial charge in [-0.15, -0.1) is 0 Å². The van der Waals surface area contributed by atoms with E-state index in [1.54, 1.807) is 12.1 Å². The summed E-state index contributed by atoms with van der Waals surface area (Å²) >= 11 is 7.53. The number of rotatable bonds is 6. The Labute approximate surface area is 182 Å². The topological polar surface area (TPSA) is 84.2 Å². The minimum Gasteiger partial charge on any atom is -0.331 e. The predicted octanol–water partition coefficient (Wildman–Crippen LogP) is 4.98. The molecule has 1 amide bonds. The molecule has 2 aromatic carbocycles. The maximum absolute atomic E-state index is 12.5. The number of carbonyl (C=O) groups is 1. The van der Waals surface area contributed by atoms with Crippen LogP contribution in [0, 0.1) is 6.92 Å². The van der Waals surface area contributed by atoms with Gasteiger partial charge in [0.1, 0.15) is 5.82 Å². The van der Waals surface area contributed by atoms with Crippen molar-refractivity contribution >= 4 is 56.9 Å². The van der Waals surface area contributed by atoms with Crippen molar-refractivity contribution in [2.24, 2.45) is 5.10 Å². The summed E-state index contributed by atoms with van der Waals surface area (Å²) in [5.74, 6) is 0.600. The molecule has 0 saturated heterocycles. The monoisotopic (exact) mass is 438 g/mol. The summed E-state index contributed by atoms with van der Waals surface area (Å²) in [4.78, 5) is 21.9. The van der Waals surface area contributed by atoms with E-state index in [4.69, 9.17) is 11.6 Å². The Morgan fingerprint density at radius 3 is 2.80 bits per heavy atom. The number of anilines is 2. The molecule has 0 aliphatic carbocycles. The van der Waals surface area contributed by atoms with Gasteiger partial charge in [0.15, 0.2) is 10.3 Å². The summed E-state index contributed by atoms with van der Waals surface area (Å²) in [7, 11) is 0. The molecule has 30 heavy (non-hydrogen) atoms.